The Balaban J connectivity index is 0. The Morgan fingerprint density at radius 1 is 0.424 bits per heavy atom. The van der Waals surface area contributed by atoms with Crippen LogP contribution in [-0.4, -0.2) is 65.9 Å². The second-order valence-corrected chi connectivity index (χ2v) is 6.92. The van der Waals surface area contributed by atoms with Crippen molar-refractivity contribution < 1.29 is 148 Å². The van der Waals surface area contributed by atoms with Crippen LogP contribution in [0.25, 0.3) is 0 Å². The molecule has 0 fully saturated rings. The summed E-state index contributed by atoms with van der Waals surface area (Å²) in [5.41, 5.74) is -8.89. The van der Waals surface area contributed by atoms with Crippen LogP contribution in [0.1, 0.15) is 0 Å². The second kappa shape index (κ2) is 8.66. The monoisotopic (exact) mass is 588 g/mol. The van der Waals surface area contributed by atoms with E-state index in [1.807, 2.05) is 0 Å². The Hall–Kier alpha value is 0.216. The summed E-state index contributed by atoms with van der Waals surface area (Å²) in [6.45, 7) is 0. The van der Waals surface area contributed by atoms with Crippen molar-refractivity contribution in [3.05, 3.63) is 0 Å². The zero-order valence-corrected chi connectivity index (χ0v) is 18.3. The molecule has 0 bridgehead atoms. The fraction of sp³-hybridized carbons (Fsp3) is 1.00. The van der Waals surface area contributed by atoms with Crippen molar-refractivity contribution in [1.29, 1.82) is 0 Å². The molecule has 3 nitrogen and oxygen atoms in total. The first-order chi connectivity index (χ1) is 13.2. The molecule has 0 atom stereocenters. The Labute approximate surface area is 209 Å². The van der Waals surface area contributed by atoms with Crippen LogP contribution < -0.4 is 51.4 Å². The second-order valence-electron chi connectivity index (χ2n) is 5.50. The summed E-state index contributed by atoms with van der Waals surface area (Å²) in [5, 5.41) is -8.10. The van der Waals surface area contributed by atoms with Gasteiger partial charge in [0.1, 0.15) is 0 Å². The molecule has 0 aromatic carbocycles. The van der Waals surface area contributed by atoms with Gasteiger partial charge in [-0.15, -0.1) is 0 Å². The van der Waals surface area contributed by atoms with Gasteiger partial charge in [0.05, 0.1) is 0 Å². The molecular formula is C9F19KO3S. The summed E-state index contributed by atoms with van der Waals surface area (Å²) in [7, 11) is -8.27. The third-order valence-electron chi connectivity index (χ3n) is 3.47. The van der Waals surface area contributed by atoms with Crippen LogP contribution in [0.4, 0.5) is 83.4 Å². The Morgan fingerprint density at radius 3 is 0.848 bits per heavy atom. The summed E-state index contributed by atoms with van der Waals surface area (Å²) in [4.78, 5) is 0. The maximum atomic E-state index is 13.2. The van der Waals surface area contributed by atoms with Crippen molar-refractivity contribution >= 4 is 10.1 Å². The molecule has 0 unspecified atom stereocenters. The number of hydrogen-bond donors (Lipinski definition) is 0. The van der Waals surface area contributed by atoms with Crippen LogP contribution in [0.5, 0.6) is 0 Å². The smallest absolute Gasteiger partial charge is 0.743 e. The van der Waals surface area contributed by atoms with Crippen LogP contribution in [0.3, 0.4) is 0 Å². The Bertz CT molecular complexity index is 810. The molecule has 0 aromatic heterocycles. The SMILES string of the molecule is O=S(=O)([O-])C(F)(F)C(F)(F)C(F)(F)C(F)(F)C(F)(F)C(F)(F)C(F)(C(F)(F)F)C(F)(F)F.[K+]. The molecule has 24 heteroatoms. The minimum atomic E-state index is -9.27. The molecule has 33 heavy (non-hydrogen) atoms. The maximum absolute atomic E-state index is 13.2. The van der Waals surface area contributed by atoms with Gasteiger partial charge in [-0.25, -0.2) is 12.8 Å². The summed E-state index contributed by atoms with van der Waals surface area (Å²) < 4.78 is 273. The quantitative estimate of drug-likeness (QED) is 0.261. The standard InChI is InChI=1S/C9HF19O3S.K/c10-1(7(21,22)23,8(24,25)26)2(11,12)3(13,14)4(15,16)5(17,18)6(19,20)9(27,28)32(29,30)31;/h(H,29,30,31);/q;+1/p-1. The zero-order valence-electron chi connectivity index (χ0n) is 14.3. The first-order valence-corrected chi connectivity index (χ1v) is 7.70. The Morgan fingerprint density at radius 2 is 0.636 bits per heavy atom. The predicted octanol–water partition coefficient (Wildman–Crippen LogP) is 2.14. The van der Waals surface area contributed by atoms with Crippen LogP contribution in [-0.2, 0) is 10.1 Å². The minimum Gasteiger partial charge on any atom is -0.743 e. The van der Waals surface area contributed by atoms with E-state index < -0.39 is 63.0 Å². The van der Waals surface area contributed by atoms with Crippen molar-refractivity contribution in [1.82, 2.24) is 0 Å². The third-order valence-corrected chi connectivity index (χ3v) is 4.36. The maximum Gasteiger partial charge on any atom is 1.00 e. The molecule has 0 aliphatic rings. The molecule has 0 radical (unpaired) electrons. The molecule has 0 saturated heterocycles. The van der Waals surface area contributed by atoms with Gasteiger partial charge in [0.2, 0.25) is 0 Å². The van der Waals surface area contributed by atoms with Crippen LogP contribution in [0.2, 0.25) is 0 Å². The normalized spacial score (nSPS) is 16.5. The van der Waals surface area contributed by atoms with E-state index >= 15 is 0 Å². The van der Waals surface area contributed by atoms with Gasteiger partial charge in [0.15, 0.2) is 10.1 Å². The minimum absolute atomic E-state index is 0. The van der Waals surface area contributed by atoms with Gasteiger partial charge in [-0.1, -0.05) is 0 Å². The molecule has 0 saturated carbocycles. The van der Waals surface area contributed by atoms with E-state index in [2.05, 4.69) is 0 Å². The van der Waals surface area contributed by atoms with Gasteiger partial charge in [-0.2, -0.15) is 79.0 Å². The van der Waals surface area contributed by atoms with Gasteiger partial charge < -0.3 is 4.55 Å². The number of alkyl halides is 19. The number of hydrogen-bond acceptors (Lipinski definition) is 3. The molecule has 0 aliphatic carbocycles. The number of rotatable bonds is 7. The summed E-state index contributed by atoms with van der Waals surface area (Å²) in [6, 6.07) is 0. The van der Waals surface area contributed by atoms with Gasteiger partial charge in [-0.05, 0) is 0 Å². The van der Waals surface area contributed by atoms with Crippen molar-refractivity contribution in [2.45, 2.75) is 52.9 Å². The zero-order chi connectivity index (χ0) is 27.0. The van der Waals surface area contributed by atoms with Crippen molar-refractivity contribution in [2.24, 2.45) is 0 Å². The fourth-order valence-electron chi connectivity index (χ4n) is 1.66. The van der Waals surface area contributed by atoms with Crippen molar-refractivity contribution in [2.75, 3.05) is 0 Å². The summed E-state index contributed by atoms with van der Waals surface area (Å²) >= 11 is 0. The van der Waals surface area contributed by atoms with E-state index in [9.17, 15) is 96.4 Å². The van der Waals surface area contributed by atoms with Gasteiger partial charge >= 0.3 is 104 Å². The van der Waals surface area contributed by atoms with Gasteiger partial charge in [0, 0.05) is 0 Å². The van der Waals surface area contributed by atoms with Crippen LogP contribution >= 0.6 is 0 Å². The fourth-order valence-corrected chi connectivity index (χ4v) is 2.11. The molecule has 0 N–H and O–H groups in total. The molecule has 0 aliphatic heterocycles. The molecule has 0 spiro atoms. The van der Waals surface area contributed by atoms with E-state index in [-0.39, 0.29) is 51.4 Å². The average Bonchev–Trinajstić information content (AvgIpc) is 2.49. The van der Waals surface area contributed by atoms with E-state index in [0.717, 1.165) is 0 Å². The average molecular weight is 588 g/mol. The van der Waals surface area contributed by atoms with Gasteiger partial charge in [0.25, 0.3) is 0 Å². The van der Waals surface area contributed by atoms with Crippen LogP contribution in [0.15, 0.2) is 0 Å². The van der Waals surface area contributed by atoms with E-state index in [4.69, 9.17) is 0 Å². The van der Waals surface area contributed by atoms with Gasteiger partial charge in [-0.3, -0.25) is 0 Å². The summed E-state index contributed by atoms with van der Waals surface area (Å²) in [5.74, 6) is -45.4. The molecule has 194 valence electrons. The molecule has 0 rings (SSSR count). The molecule has 0 amide bonds. The van der Waals surface area contributed by atoms with Crippen molar-refractivity contribution in [3.8, 4) is 0 Å². The number of halogens is 19. The van der Waals surface area contributed by atoms with E-state index in [1.165, 1.54) is 0 Å². The van der Waals surface area contributed by atoms with Crippen molar-refractivity contribution in [3.63, 3.8) is 0 Å². The first-order valence-electron chi connectivity index (χ1n) is 6.29. The largest absolute Gasteiger partial charge is 1.00 e. The van der Waals surface area contributed by atoms with E-state index in [1.54, 1.807) is 0 Å². The van der Waals surface area contributed by atoms with E-state index in [0.29, 0.717) is 0 Å². The molecule has 0 heterocycles. The Kier molecular flexibility index (Phi) is 9.28. The molecule has 0 aromatic rings. The summed E-state index contributed by atoms with van der Waals surface area (Å²) in [6.07, 6.45) is -16.8. The first kappa shape index (κ1) is 35.4. The van der Waals surface area contributed by atoms with Crippen LogP contribution in [0, 0.1) is 0 Å². The topological polar surface area (TPSA) is 57.2 Å². The predicted molar refractivity (Wildman–Crippen MR) is 55.3 cm³/mol. The molecular weight excluding hydrogens is 588 g/mol. The third kappa shape index (κ3) is 4.46.